The summed E-state index contributed by atoms with van der Waals surface area (Å²) in [5, 5.41) is 12.6. The lowest BCUT2D eigenvalue weighted by Crippen LogP contribution is -2.01. The van der Waals surface area contributed by atoms with Gasteiger partial charge in [-0.25, -0.2) is 4.79 Å². The minimum atomic E-state index is -1.01. The van der Waals surface area contributed by atoms with Crippen molar-refractivity contribution in [2.24, 2.45) is 0 Å². The van der Waals surface area contributed by atoms with Gasteiger partial charge in [0.05, 0.1) is 0 Å². The summed E-state index contributed by atoms with van der Waals surface area (Å²) in [6, 6.07) is 7.80. The molecule has 1 N–H and O–H groups in total. The van der Waals surface area contributed by atoms with Crippen molar-refractivity contribution >= 4 is 5.97 Å². The Hall–Kier alpha value is -2.10. The molecule has 2 rings (SSSR count). The number of aromatic carboxylic acids is 1. The van der Waals surface area contributed by atoms with Crippen LogP contribution in [-0.2, 0) is 6.42 Å². The van der Waals surface area contributed by atoms with Crippen LogP contribution in [0.15, 0.2) is 35.1 Å². The third kappa shape index (κ3) is 1.95. The van der Waals surface area contributed by atoms with Gasteiger partial charge in [0.1, 0.15) is 17.5 Å². The molecule has 0 amide bonds. The largest absolute Gasteiger partial charge is 0.478 e. The third-order valence-electron chi connectivity index (χ3n) is 2.49. The molecule has 0 spiro atoms. The van der Waals surface area contributed by atoms with Crippen LogP contribution in [0.2, 0.25) is 0 Å². The first kappa shape index (κ1) is 10.4. The smallest absolute Gasteiger partial charge is 0.340 e. The SMILES string of the molecule is Cc1ccccc1Cc1nocc1C(=O)O. The molecule has 0 bridgehead atoms. The van der Waals surface area contributed by atoms with Crippen LogP contribution in [0.4, 0.5) is 0 Å². The van der Waals surface area contributed by atoms with Gasteiger partial charge in [-0.05, 0) is 18.1 Å². The number of carboxylic acids is 1. The molecule has 4 heteroatoms. The molecule has 0 aliphatic rings. The Bertz CT molecular complexity index is 516. The standard InChI is InChI=1S/C12H11NO3/c1-8-4-2-3-5-9(8)6-11-10(12(14)15)7-16-13-11/h2-5,7H,6H2,1H3,(H,14,15). The molecule has 0 aliphatic carbocycles. The maximum atomic E-state index is 10.9. The first-order chi connectivity index (χ1) is 7.68. The fourth-order valence-electron chi connectivity index (χ4n) is 1.55. The molecule has 0 saturated heterocycles. The minimum Gasteiger partial charge on any atom is -0.478 e. The number of carboxylic acid groups (broad SMARTS) is 1. The fraction of sp³-hybridized carbons (Fsp3) is 0.167. The fourth-order valence-corrected chi connectivity index (χ4v) is 1.55. The first-order valence-electron chi connectivity index (χ1n) is 4.89. The maximum Gasteiger partial charge on any atom is 0.340 e. The molecule has 1 heterocycles. The Labute approximate surface area is 92.5 Å². The van der Waals surface area contributed by atoms with Crippen LogP contribution in [0.1, 0.15) is 27.2 Å². The molecule has 82 valence electrons. The second-order valence-corrected chi connectivity index (χ2v) is 3.58. The first-order valence-corrected chi connectivity index (χ1v) is 4.89. The van der Waals surface area contributed by atoms with Crippen LogP contribution in [0.5, 0.6) is 0 Å². The predicted octanol–water partition coefficient (Wildman–Crippen LogP) is 2.27. The maximum absolute atomic E-state index is 10.9. The highest BCUT2D eigenvalue weighted by molar-refractivity contribution is 5.88. The molecule has 0 unspecified atom stereocenters. The zero-order valence-electron chi connectivity index (χ0n) is 8.80. The minimum absolute atomic E-state index is 0.128. The van der Waals surface area contributed by atoms with Crippen molar-refractivity contribution in [1.29, 1.82) is 0 Å². The lowest BCUT2D eigenvalue weighted by molar-refractivity contribution is 0.0695. The van der Waals surface area contributed by atoms with E-state index in [-0.39, 0.29) is 5.56 Å². The lowest BCUT2D eigenvalue weighted by Gasteiger charge is -2.02. The predicted molar refractivity (Wildman–Crippen MR) is 57.4 cm³/mol. The Morgan fingerprint density at radius 3 is 2.88 bits per heavy atom. The van der Waals surface area contributed by atoms with Crippen LogP contribution in [0.25, 0.3) is 0 Å². The topological polar surface area (TPSA) is 63.3 Å². The van der Waals surface area contributed by atoms with E-state index in [0.29, 0.717) is 12.1 Å². The summed E-state index contributed by atoms with van der Waals surface area (Å²) in [5.41, 5.74) is 2.76. The van der Waals surface area contributed by atoms with Crippen molar-refractivity contribution < 1.29 is 14.4 Å². The van der Waals surface area contributed by atoms with Crippen LogP contribution in [-0.4, -0.2) is 16.2 Å². The van der Waals surface area contributed by atoms with Gasteiger partial charge in [-0.1, -0.05) is 29.4 Å². The van der Waals surface area contributed by atoms with E-state index in [1.54, 1.807) is 0 Å². The van der Waals surface area contributed by atoms with E-state index in [9.17, 15) is 4.79 Å². The molecular weight excluding hydrogens is 206 g/mol. The second kappa shape index (κ2) is 4.18. The quantitative estimate of drug-likeness (QED) is 0.856. The number of benzene rings is 1. The molecule has 0 radical (unpaired) electrons. The summed E-state index contributed by atoms with van der Waals surface area (Å²) < 4.78 is 4.69. The Morgan fingerprint density at radius 2 is 2.19 bits per heavy atom. The molecule has 1 aromatic heterocycles. The van der Waals surface area contributed by atoms with Gasteiger partial charge in [0.15, 0.2) is 0 Å². The van der Waals surface area contributed by atoms with E-state index in [2.05, 4.69) is 9.68 Å². The van der Waals surface area contributed by atoms with E-state index >= 15 is 0 Å². The number of aryl methyl sites for hydroxylation is 1. The van der Waals surface area contributed by atoms with Gasteiger partial charge in [0.2, 0.25) is 0 Å². The summed E-state index contributed by atoms with van der Waals surface area (Å²) in [6.07, 6.45) is 1.64. The van der Waals surface area contributed by atoms with Crippen molar-refractivity contribution in [3.63, 3.8) is 0 Å². The summed E-state index contributed by atoms with van der Waals surface area (Å²) >= 11 is 0. The van der Waals surface area contributed by atoms with Gasteiger partial charge >= 0.3 is 5.97 Å². The normalized spacial score (nSPS) is 10.3. The number of carbonyl (C=O) groups is 1. The van der Waals surface area contributed by atoms with Crippen LogP contribution in [0.3, 0.4) is 0 Å². The molecule has 0 aliphatic heterocycles. The number of rotatable bonds is 3. The van der Waals surface area contributed by atoms with Gasteiger partial charge in [0.25, 0.3) is 0 Å². The number of hydrogen-bond acceptors (Lipinski definition) is 3. The summed E-state index contributed by atoms with van der Waals surface area (Å²) in [4.78, 5) is 10.9. The van der Waals surface area contributed by atoms with E-state index in [1.165, 1.54) is 0 Å². The van der Waals surface area contributed by atoms with Gasteiger partial charge in [-0.3, -0.25) is 0 Å². The van der Waals surface area contributed by atoms with Crippen molar-refractivity contribution in [3.05, 3.63) is 52.9 Å². The number of aromatic nitrogens is 1. The average molecular weight is 217 g/mol. The van der Waals surface area contributed by atoms with Gasteiger partial charge in [-0.2, -0.15) is 0 Å². The van der Waals surface area contributed by atoms with Crippen molar-refractivity contribution in [3.8, 4) is 0 Å². The third-order valence-corrected chi connectivity index (χ3v) is 2.49. The monoisotopic (exact) mass is 217 g/mol. The summed E-state index contributed by atoms with van der Waals surface area (Å²) in [7, 11) is 0. The molecule has 1 aromatic carbocycles. The zero-order valence-corrected chi connectivity index (χ0v) is 8.80. The van der Waals surface area contributed by atoms with Crippen molar-refractivity contribution in [1.82, 2.24) is 5.16 Å². The van der Waals surface area contributed by atoms with Crippen LogP contribution in [0, 0.1) is 6.92 Å². The molecule has 16 heavy (non-hydrogen) atoms. The zero-order chi connectivity index (χ0) is 11.5. The van der Waals surface area contributed by atoms with Crippen LogP contribution < -0.4 is 0 Å². The molecule has 0 saturated carbocycles. The molecule has 4 nitrogen and oxygen atoms in total. The van der Waals surface area contributed by atoms with Crippen LogP contribution >= 0.6 is 0 Å². The Kier molecular flexibility index (Phi) is 2.72. The molecular formula is C12H11NO3. The van der Waals surface area contributed by atoms with Gasteiger partial charge < -0.3 is 9.63 Å². The summed E-state index contributed by atoms with van der Waals surface area (Å²) in [6.45, 7) is 1.98. The highest BCUT2D eigenvalue weighted by atomic mass is 16.5. The Morgan fingerprint density at radius 1 is 1.44 bits per heavy atom. The van der Waals surface area contributed by atoms with E-state index in [4.69, 9.17) is 5.11 Å². The summed E-state index contributed by atoms with van der Waals surface area (Å²) in [5.74, 6) is -1.01. The number of nitrogens with zero attached hydrogens (tertiary/aromatic N) is 1. The molecule has 2 aromatic rings. The highest BCUT2D eigenvalue weighted by Gasteiger charge is 2.15. The van der Waals surface area contributed by atoms with Gasteiger partial charge in [0, 0.05) is 6.42 Å². The molecule has 0 atom stereocenters. The van der Waals surface area contributed by atoms with Crippen molar-refractivity contribution in [2.45, 2.75) is 13.3 Å². The van der Waals surface area contributed by atoms with Gasteiger partial charge in [-0.15, -0.1) is 0 Å². The molecule has 0 fully saturated rings. The second-order valence-electron chi connectivity index (χ2n) is 3.58. The van der Waals surface area contributed by atoms with E-state index in [1.807, 2.05) is 31.2 Å². The highest BCUT2D eigenvalue weighted by Crippen LogP contribution is 2.15. The average Bonchev–Trinajstić information content (AvgIpc) is 2.69. The van der Waals surface area contributed by atoms with E-state index < -0.39 is 5.97 Å². The Balaban J connectivity index is 2.31. The van der Waals surface area contributed by atoms with E-state index in [0.717, 1.165) is 17.4 Å². The lowest BCUT2D eigenvalue weighted by atomic mass is 10.0. The number of hydrogen-bond donors (Lipinski definition) is 1. The van der Waals surface area contributed by atoms with Crippen molar-refractivity contribution in [2.75, 3.05) is 0 Å².